The van der Waals surface area contributed by atoms with Gasteiger partial charge in [-0.05, 0) is 62.6 Å². The van der Waals surface area contributed by atoms with Crippen molar-refractivity contribution in [3.05, 3.63) is 77.2 Å². The summed E-state index contributed by atoms with van der Waals surface area (Å²) < 4.78 is 46.9. The fraction of sp³-hybridized carbons (Fsp3) is 0.240. The molecule has 2 aromatic heterocycles. The molecule has 7 nitrogen and oxygen atoms in total. The first-order chi connectivity index (χ1) is 16.5. The molecule has 0 radical (unpaired) electrons. The number of benzene rings is 2. The van der Waals surface area contributed by atoms with Crippen molar-refractivity contribution in [2.45, 2.75) is 33.5 Å². The molecule has 0 spiro atoms. The Kier molecular flexibility index (Phi) is 6.38. The van der Waals surface area contributed by atoms with Crippen LogP contribution in [0.1, 0.15) is 22.6 Å². The van der Waals surface area contributed by atoms with Crippen LogP contribution in [0.25, 0.3) is 16.6 Å². The highest BCUT2D eigenvalue weighted by molar-refractivity contribution is 5.94. The maximum atomic E-state index is 12.8. The van der Waals surface area contributed by atoms with Gasteiger partial charge in [0, 0.05) is 11.2 Å². The normalized spacial score (nSPS) is 11.6. The number of nitrogens with one attached hydrogen (secondary N) is 1. The van der Waals surface area contributed by atoms with Crippen molar-refractivity contribution < 1.29 is 27.5 Å². The molecule has 2 aromatic carbocycles. The maximum absolute atomic E-state index is 12.8. The number of anilines is 1. The second-order valence-electron chi connectivity index (χ2n) is 8.14. The maximum Gasteiger partial charge on any atom is 0.416 e. The van der Waals surface area contributed by atoms with Crippen LogP contribution >= 0.6 is 0 Å². The Bertz CT molecular complexity index is 1400. The molecule has 0 saturated heterocycles. The van der Waals surface area contributed by atoms with Crippen LogP contribution in [-0.2, 0) is 27.0 Å². The number of carbonyl (C=O) groups is 2. The number of rotatable bonds is 6. The average Bonchev–Trinajstić information content (AvgIpc) is 3.27. The molecule has 2 heterocycles. The van der Waals surface area contributed by atoms with E-state index in [1.165, 1.54) is 16.8 Å². The number of esters is 1. The van der Waals surface area contributed by atoms with Gasteiger partial charge in [-0.25, -0.2) is 4.68 Å². The van der Waals surface area contributed by atoms with Gasteiger partial charge in [0.05, 0.1) is 28.3 Å². The van der Waals surface area contributed by atoms with Crippen LogP contribution < -0.4 is 5.32 Å². The van der Waals surface area contributed by atoms with E-state index >= 15 is 0 Å². The number of aryl methyl sites for hydroxylation is 2. The first-order valence-corrected chi connectivity index (χ1v) is 10.8. The summed E-state index contributed by atoms with van der Waals surface area (Å²) in [6.45, 7) is 4.71. The van der Waals surface area contributed by atoms with E-state index in [0.717, 1.165) is 28.7 Å². The molecule has 0 saturated carbocycles. The smallest absolute Gasteiger partial charge is 0.416 e. The summed E-state index contributed by atoms with van der Waals surface area (Å²) in [4.78, 5) is 24.8. The van der Waals surface area contributed by atoms with Crippen molar-refractivity contribution in [3.8, 4) is 5.69 Å². The van der Waals surface area contributed by atoms with Crippen LogP contribution in [0.3, 0.4) is 0 Å². The summed E-state index contributed by atoms with van der Waals surface area (Å²) in [6.07, 6.45) is -4.43. The minimum absolute atomic E-state index is 0.0312. The van der Waals surface area contributed by atoms with Gasteiger partial charge < -0.3 is 14.6 Å². The second-order valence-corrected chi connectivity index (χ2v) is 8.14. The standard InChI is InChI=1S/C25H23F3N4O3/c1-15-12-18-6-4-5-7-21(18)31(15)13-23(34)35-14-22(33)29-24-16(2)30-32(17(24)3)20-10-8-19(9-11-20)25(26,27)28/h4-12H,13-14H2,1-3H3,(H,29,33). The summed E-state index contributed by atoms with van der Waals surface area (Å²) in [5.74, 6) is -1.11. The molecular weight excluding hydrogens is 461 g/mol. The highest BCUT2D eigenvalue weighted by atomic mass is 19.4. The third-order valence-electron chi connectivity index (χ3n) is 5.66. The zero-order valence-corrected chi connectivity index (χ0v) is 19.3. The number of amides is 1. The summed E-state index contributed by atoms with van der Waals surface area (Å²) >= 11 is 0. The quantitative estimate of drug-likeness (QED) is 0.393. The van der Waals surface area contributed by atoms with Gasteiger partial charge in [-0.3, -0.25) is 9.59 Å². The summed E-state index contributed by atoms with van der Waals surface area (Å²) in [5, 5.41) is 8.00. The lowest BCUT2D eigenvalue weighted by atomic mass is 10.2. The molecule has 1 amide bonds. The predicted octanol–water partition coefficient (Wildman–Crippen LogP) is 4.95. The molecule has 0 bridgehead atoms. The van der Waals surface area contributed by atoms with E-state index < -0.39 is 30.2 Å². The fourth-order valence-electron chi connectivity index (χ4n) is 3.92. The van der Waals surface area contributed by atoms with Gasteiger partial charge >= 0.3 is 12.1 Å². The summed E-state index contributed by atoms with van der Waals surface area (Å²) in [7, 11) is 0. The van der Waals surface area contributed by atoms with Gasteiger partial charge in [-0.15, -0.1) is 0 Å². The number of alkyl halides is 3. The van der Waals surface area contributed by atoms with Crippen LogP contribution in [0, 0.1) is 20.8 Å². The van der Waals surface area contributed by atoms with E-state index in [9.17, 15) is 22.8 Å². The Labute approximate surface area is 199 Å². The number of ether oxygens (including phenoxy) is 1. The number of hydrogen-bond donors (Lipinski definition) is 1. The number of aromatic nitrogens is 3. The van der Waals surface area contributed by atoms with Crippen molar-refractivity contribution in [2.24, 2.45) is 0 Å². The minimum Gasteiger partial charge on any atom is -0.454 e. The molecule has 0 aliphatic heterocycles. The molecule has 4 aromatic rings. The summed E-state index contributed by atoms with van der Waals surface area (Å²) in [5.41, 5.74) is 2.84. The number of fused-ring (bicyclic) bond motifs is 1. The molecular formula is C25H23F3N4O3. The van der Waals surface area contributed by atoms with E-state index in [1.807, 2.05) is 41.8 Å². The van der Waals surface area contributed by atoms with E-state index in [0.29, 0.717) is 22.8 Å². The molecule has 0 atom stereocenters. The number of hydrogen-bond acceptors (Lipinski definition) is 4. The van der Waals surface area contributed by atoms with Gasteiger partial charge in [0.2, 0.25) is 0 Å². The molecule has 4 rings (SSSR count). The van der Waals surface area contributed by atoms with Gasteiger partial charge in [0.15, 0.2) is 6.61 Å². The molecule has 10 heteroatoms. The van der Waals surface area contributed by atoms with Crippen LogP contribution in [0.5, 0.6) is 0 Å². The number of carbonyl (C=O) groups excluding carboxylic acids is 2. The third-order valence-corrected chi connectivity index (χ3v) is 5.66. The lowest BCUT2D eigenvalue weighted by Gasteiger charge is -2.10. The Morgan fingerprint density at radius 1 is 1.03 bits per heavy atom. The fourth-order valence-corrected chi connectivity index (χ4v) is 3.92. The molecule has 182 valence electrons. The Hall–Kier alpha value is -4.08. The molecule has 0 unspecified atom stereocenters. The number of nitrogens with zero attached hydrogens (tertiary/aromatic N) is 3. The largest absolute Gasteiger partial charge is 0.454 e. The van der Waals surface area contributed by atoms with Gasteiger partial charge in [-0.2, -0.15) is 18.3 Å². The Morgan fingerprint density at radius 2 is 1.71 bits per heavy atom. The first-order valence-electron chi connectivity index (χ1n) is 10.8. The van der Waals surface area contributed by atoms with Gasteiger partial charge in [0.1, 0.15) is 6.54 Å². The highest BCUT2D eigenvalue weighted by Gasteiger charge is 2.30. The summed E-state index contributed by atoms with van der Waals surface area (Å²) in [6, 6.07) is 14.2. The Morgan fingerprint density at radius 3 is 2.40 bits per heavy atom. The van der Waals surface area contributed by atoms with E-state index in [4.69, 9.17) is 4.74 Å². The third kappa shape index (κ3) is 5.06. The van der Waals surface area contributed by atoms with Crippen molar-refractivity contribution in [3.63, 3.8) is 0 Å². The molecule has 1 N–H and O–H groups in total. The molecule has 0 aliphatic rings. The first kappa shape index (κ1) is 24.1. The van der Waals surface area contributed by atoms with Crippen LogP contribution in [0.2, 0.25) is 0 Å². The molecule has 0 aliphatic carbocycles. The Balaban J connectivity index is 1.40. The van der Waals surface area contributed by atoms with Crippen LogP contribution in [0.4, 0.5) is 18.9 Å². The zero-order chi connectivity index (χ0) is 25.3. The van der Waals surface area contributed by atoms with Crippen molar-refractivity contribution in [2.75, 3.05) is 11.9 Å². The average molecular weight is 484 g/mol. The lowest BCUT2D eigenvalue weighted by Crippen LogP contribution is -2.23. The highest BCUT2D eigenvalue weighted by Crippen LogP contribution is 2.30. The van der Waals surface area contributed by atoms with Gasteiger partial charge in [-0.1, -0.05) is 18.2 Å². The van der Waals surface area contributed by atoms with E-state index in [1.54, 1.807) is 13.8 Å². The van der Waals surface area contributed by atoms with Gasteiger partial charge in [0.25, 0.3) is 5.91 Å². The van der Waals surface area contributed by atoms with E-state index in [2.05, 4.69) is 10.4 Å². The lowest BCUT2D eigenvalue weighted by molar-refractivity contribution is -0.147. The molecule has 0 fully saturated rings. The number of halogens is 3. The van der Waals surface area contributed by atoms with Crippen molar-refractivity contribution in [1.82, 2.24) is 14.3 Å². The van der Waals surface area contributed by atoms with Crippen molar-refractivity contribution >= 4 is 28.5 Å². The zero-order valence-electron chi connectivity index (χ0n) is 19.3. The van der Waals surface area contributed by atoms with Crippen molar-refractivity contribution in [1.29, 1.82) is 0 Å². The SMILES string of the molecule is Cc1nn(-c2ccc(C(F)(F)F)cc2)c(C)c1NC(=O)COC(=O)Cn1c(C)cc2ccccc21. The van der Waals surface area contributed by atoms with E-state index in [-0.39, 0.29) is 6.54 Å². The minimum atomic E-state index is -4.43. The van der Waals surface area contributed by atoms with Crippen LogP contribution in [-0.4, -0.2) is 32.8 Å². The predicted molar refractivity (Wildman–Crippen MR) is 124 cm³/mol. The topological polar surface area (TPSA) is 78.2 Å². The van der Waals surface area contributed by atoms with Crippen LogP contribution in [0.15, 0.2) is 54.6 Å². The molecule has 35 heavy (non-hydrogen) atoms. The monoisotopic (exact) mass is 484 g/mol. The number of para-hydroxylation sites is 1. The second kappa shape index (κ2) is 9.28.